The van der Waals surface area contributed by atoms with Crippen LogP contribution >= 0.6 is 0 Å². The normalized spacial score (nSPS) is 13.9. The van der Waals surface area contributed by atoms with Gasteiger partial charge in [0.25, 0.3) is 0 Å². The quantitative estimate of drug-likeness (QED) is 0.223. The standard InChI is InChI=1S/C15H31NO/c1-4-6-8-10-12-15(11-9-7-5-2)13-14(3)16-17/h15,17H,4-13H2,1-3H3/b16-14+. The molecule has 1 unspecified atom stereocenters. The van der Waals surface area contributed by atoms with Crippen LogP contribution in [0.5, 0.6) is 0 Å². The summed E-state index contributed by atoms with van der Waals surface area (Å²) in [6, 6.07) is 0. The highest BCUT2D eigenvalue weighted by atomic mass is 16.4. The summed E-state index contributed by atoms with van der Waals surface area (Å²) in [4.78, 5) is 0. The van der Waals surface area contributed by atoms with Crippen LogP contribution in [0.1, 0.15) is 85.0 Å². The molecular weight excluding hydrogens is 210 g/mol. The van der Waals surface area contributed by atoms with Crippen molar-refractivity contribution >= 4 is 5.71 Å². The lowest BCUT2D eigenvalue weighted by Gasteiger charge is -2.16. The van der Waals surface area contributed by atoms with Crippen LogP contribution in [0, 0.1) is 5.92 Å². The van der Waals surface area contributed by atoms with Crippen molar-refractivity contribution in [1.82, 2.24) is 0 Å². The molecule has 102 valence electrons. The molecule has 0 amide bonds. The second-order valence-electron chi connectivity index (χ2n) is 5.25. The summed E-state index contributed by atoms with van der Waals surface area (Å²) < 4.78 is 0. The maximum Gasteiger partial charge on any atom is 0.0542 e. The lowest BCUT2D eigenvalue weighted by atomic mass is 9.90. The molecule has 0 rings (SSSR count). The van der Waals surface area contributed by atoms with E-state index >= 15 is 0 Å². The minimum atomic E-state index is 0.731. The van der Waals surface area contributed by atoms with Crippen molar-refractivity contribution in [2.45, 2.75) is 85.0 Å². The van der Waals surface area contributed by atoms with Crippen LogP contribution in [0.4, 0.5) is 0 Å². The molecule has 1 N–H and O–H groups in total. The van der Waals surface area contributed by atoms with Crippen molar-refractivity contribution in [3.63, 3.8) is 0 Å². The van der Waals surface area contributed by atoms with E-state index in [-0.39, 0.29) is 0 Å². The van der Waals surface area contributed by atoms with Crippen molar-refractivity contribution in [2.75, 3.05) is 0 Å². The summed E-state index contributed by atoms with van der Waals surface area (Å²) in [6.45, 7) is 6.43. The Kier molecular flexibility index (Phi) is 11.6. The molecule has 0 bridgehead atoms. The Balaban J connectivity index is 3.84. The van der Waals surface area contributed by atoms with Crippen molar-refractivity contribution in [1.29, 1.82) is 0 Å². The van der Waals surface area contributed by atoms with Gasteiger partial charge in [-0.25, -0.2) is 0 Å². The van der Waals surface area contributed by atoms with Crippen LogP contribution in [-0.2, 0) is 0 Å². The highest BCUT2D eigenvalue weighted by Crippen LogP contribution is 2.21. The molecule has 0 aromatic heterocycles. The number of rotatable bonds is 11. The molecule has 0 radical (unpaired) electrons. The first-order chi connectivity index (χ1) is 8.24. The molecule has 0 aromatic rings. The van der Waals surface area contributed by atoms with E-state index in [0.29, 0.717) is 0 Å². The molecule has 0 aliphatic heterocycles. The van der Waals surface area contributed by atoms with E-state index in [9.17, 15) is 0 Å². The van der Waals surface area contributed by atoms with Crippen LogP contribution in [0.15, 0.2) is 5.16 Å². The van der Waals surface area contributed by atoms with E-state index in [4.69, 9.17) is 5.21 Å². The average molecular weight is 241 g/mol. The summed E-state index contributed by atoms with van der Waals surface area (Å²) in [5.74, 6) is 0.731. The van der Waals surface area contributed by atoms with Gasteiger partial charge in [0.15, 0.2) is 0 Å². The van der Waals surface area contributed by atoms with Crippen molar-refractivity contribution < 1.29 is 5.21 Å². The van der Waals surface area contributed by atoms with Gasteiger partial charge >= 0.3 is 0 Å². The maximum atomic E-state index is 8.75. The molecule has 1 atom stereocenters. The highest BCUT2D eigenvalue weighted by molar-refractivity contribution is 5.81. The zero-order chi connectivity index (χ0) is 12.9. The van der Waals surface area contributed by atoms with Crippen molar-refractivity contribution in [3.05, 3.63) is 0 Å². The van der Waals surface area contributed by atoms with E-state index in [2.05, 4.69) is 19.0 Å². The van der Waals surface area contributed by atoms with Crippen LogP contribution in [0.25, 0.3) is 0 Å². The minimum Gasteiger partial charge on any atom is -0.411 e. The summed E-state index contributed by atoms with van der Waals surface area (Å²) in [5, 5.41) is 12.1. The number of unbranched alkanes of at least 4 members (excludes halogenated alkanes) is 5. The first-order valence-corrected chi connectivity index (χ1v) is 7.42. The fraction of sp³-hybridized carbons (Fsp3) is 0.933. The Bertz CT molecular complexity index is 189. The summed E-state index contributed by atoms with van der Waals surface area (Å²) in [7, 11) is 0. The Morgan fingerprint density at radius 1 is 0.941 bits per heavy atom. The van der Waals surface area contributed by atoms with Crippen LogP contribution in [0.2, 0.25) is 0 Å². The summed E-state index contributed by atoms with van der Waals surface area (Å²) >= 11 is 0. The second kappa shape index (κ2) is 11.9. The molecule has 0 aliphatic rings. The van der Waals surface area contributed by atoms with Gasteiger partial charge in [-0.15, -0.1) is 0 Å². The van der Waals surface area contributed by atoms with Gasteiger partial charge in [0, 0.05) is 0 Å². The van der Waals surface area contributed by atoms with E-state index in [1.807, 2.05) is 6.92 Å². The number of oxime groups is 1. The molecule has 0 spiro atoms. The predicted molar refractivity (Wildman–Crippen MR) is 75.9 cm³/mol. The molecule has 2 heteroatoms. The van der Waals surface area contributed by atoms with Gasteiger partial charge < -0.3 is 5.21 Å². The average Bonchev–Trinajstić information content (AvgIpc) is 2.34. The van der Waals surface area contributed by atoms with Crippen LogP contribution in [0.3, 0.4) is 0 Å². The third kappa shape index (κ3) is 10.3. The maximum absolute atomic E-state index is 8.75. The SMILES string of the molecule is CCCCCCC(CCCCC)C/C(C)=N/O. The Morgan fingerprint density at radius 2 is 1.47 bits per heavy atom. The molecule has 0 saturated carbocycles. The van der Waals surface area contributed by atoms with E-state index in [1.54, 1.807) is 0 Å². The van der Waals surface area contributed by atoms with Crippen LogP contribution in [-0.4, -0.2) is 10.9 Å². The van der Waals surface area contributed by atoms with E-state index in [1.165, 1.54) is 57.8 Å². The molecule has 0 fully saturated rings. The van der Waals surface area contributed by atoms with Gasteiger partial charge in [-0.1, -0.05) is 76.8 Å². The van der Waals surface area contributed by atoms with E-state index in [0.717, 1.165) is 18.1 Å². The molecule has 17 heavy (non-hydrogen) atoms. The van der Waals surface area contributed by atoms with Crippen LogP contribution < -0.4 is 0 Å². The third-order valence-electron chi connectivity index (χ3n) is 3.44. The predicted octanol–water partition coefficient (Wildman–Crippen LogP) is 5.39. The lowest BCUT2D eigenvalue weighted by molar-refractivity contribution is 0.314. The number of hydrogen-bond acceptors (Lipinski definition) is 2. The second-order valence-corrected chi connectivity index (χ2v) is 5.25. The van der Waals surface area contributed by atoms with Gasteiger partial charge in [0.2, 0.25) is 0 Å². The van der Waals surface area contributed by atoms with Gasteiger partial charge in [-0.3, -0.25) is 0 Å². The molecule has 0 aliphatic carbocycles. The van der Waals surface area contributed by atoms with E-state index < -0.39 is 0 Å². The summed E-state index contributed by atoms with van der Waals surface area (Å²) in [6.07, 6.45) is 12.9. The zero-order valence-electron chi connectivity index (χ0n) is 12.0. The van der Waals surface area contributed by atoms with Crippen molar-refractivity contribution in [3.8, 4) is 0 Å². The van der Waals surface area contributed by atoms with Gasteiger partial charge in [0.1, 0.15) is 0 Å². The van der Waals surface area contributed by atoms with Gasteiger partial charge in [-0.05, 0) is 19.3 Å². The highest BCUT2D eigenvalue weighted by Gasteiger charge is 2.10. The monoisotopic (exact) mass is 241 g/mol. The summed E-state index contributed by atoms with van der Waals surface area (Å²) in [5.41, 5.74) is 0.891. The smallest absolute Gasteiger partial charge is 0.0542 e. The number of hydrogen-bond donors (Lipinski definition) is 1. The third-order valence-corrected chi connectivity index (χ3v) is 3.44. The number of nitrogens with zero attached hydrogens (tertiary/aromatic N) is 1. The fourth-order valence-corrected chi connectivity index (χ4v) is 2.35. The zero-order valence-corrected chi connectivity index (χ0v) is 12.0. The molecule has 0 saturated heterocycles. The molecular formula is C15H31NO. The first kappa shape index (κ1) is 16.5. The molecule has 0 heterocycles. The largest absolute Gasteiger partial charge is 0.411 e. The fourth-order valence-electron chi connectivity index (χ4n) is 2.35. The van der Waals surface area contributed by atoms with Crippen molar-refractivity contribution in [2.24, 2.45) is 11.1 Å². The molecule has 0 aromatic carbocycles. The Hall–Kier alpha value is -0.530. The minimum absolute atomic E-state index is 0.731. The Morgan fingerprint density at radius 3 is 2.00 bits per heavy atom. The van der Waals surface area contributed by atoms with Gasteiger partial charge in [0.05, 0.1) is 5.71 Å². The lowest BCUT2D eigenvalue weighted by Crippen LogP contribution is -2.06. The Labute approximate surface area is 107 Å². The topological polar surface area (TPSA) is 32.6 Å². The molecule has 2 nitrogen and oxygen atoms in total. The first-order valence-electron chi connectivity index (χ1n) is 7.42. The van der Waals surface area contributed by atoms with Gasteiger partial charge in [-0.2, -0.15) is 0 Å².